The van der Waals surface area contributed by atoms with Crippen molar-refractivity contribution in [2.24, 2.45) is 23.5 Å². The number of aliphatic carboxylic acids is 1. The Bertz CT molecular complexity index is 700. The molecule has 3 N–H and O–H groups in total. The van der Waals surface area contributed by atoms with Crippen LogP contribution in [-0.2, 0) is 10.2 Å². The van der Waals surface area contributed by atoms with E-state index >= 15 is 0 Å². The second-order valence-corrected chi connectivity index (χ2v) is 6.50. The van der Waals surface area contributed by atoms with Gasteiger partial charge in [0.05, 0.1) is 5.69 Å². The van der Waals surface area contributed by atoms with Gasteiger partial charge in [0.15, 0.2) is 0 Å². The molecule has 0 bridgehead atoms. The Morgan fingerprint density at radius 1 is 1.48 bits per heavy atom. The third kappa shape index (κ3) is 2.43. The molecule has 2 heterocycles. The fraction of sp³-hybridized carbons (Fsp3) is 0.471. The SMILES string of the molecule is C[C@@H](CN)C[C@@H]1[C@H](C)[C@@]1(C(=O)O)c1cn(-c2ccccn2)cn1. The number of carbonyl (C=O) groups is 1. The quantitative estimate of drug-likeness (QED) is 0.848. The van der Waals surface area contributed by atoms with Crippen LogP contribution in [0.2, 0.25) is 0 Å². The first kappa shape index (κ1) is 15.7. The third-order valence-corrected chi connectivity index (χ3v) is 5.13. The lowest BCUT2D eigenvalue weighted by atomic mass is 9.94. The zero-order valence-electron chi connectivity index (χ0n) is 13.4. The van der Waals surface area contributed by atoms with Gasteiger partial charge in [0.1, 0.15) is 17.6 Å². The van der Waals surface area contributed by atoms with E-state index in [0.717, 1.165) is 12.2 Å². The largest absolute Gasteiger partial charge is 0.481 e. The average Bonchev–Trinajstić information content (AvgIpc) is 2.92. The second-order valence-electron chi connectivity index (χ2n) is 6.50. The number of imidazole rings is 1. The molecule has 1 aliphatic carbocycles. The number of carboxylic acid groups (broad SMARTS) is 1. The highest BCUT2D eigenvalue weighted by molar-refractivity contribution is 5.86. The van der Waals surface area contributed by atoms with Crippen LogP contribution in [0.4, 0.5) is 0 Å². The number of carboxylic acids is 1. The van der Waals surface area contributed by atoms with E-state index in [1.54, 1.807) is 23.3 Å². The molecular formula is C17H22N4O2. The topological polar surface area (TPSA) is 94.0 Å². The minimum absolute atomic E-state index is 0.0566. The molecule has 6 nitrogen and oxygen atoms in total. The summed E-state index contributed by atoms with van der Waals surface area (Å²) in [5.41, 5.74) is 5.41. The van der Waals surface area contributed by atoms with E-state index < -0.39 is 11.4 Å². The molecule has 0 aromatic carbocycles. The van der Waals surface area contributed by atoms with Crippen molar-refractivity contribution in [1.82, 2.24) is 14.5 Å². The number of nitrogens with two attached hydrogens (primary N) is 1. The molecule has 1 aliphatic rings. The first-order valence-electron chi connectivity index (χ1n) is 7.91. The highest BCUT2D eigenvalue weighted by Gasteiger charge is 2.69. The molecule has 0 aliphatic heterocycles. The van der Waals surface area contributed by atoms with Crippen LogP contribution >= 0.6 is 0 Å². The normalized spacial score (nSPS) is 27.6. The standard InChI is InChI=1S/C17H22N4O2/c1-11(8-18)7-13-12(2)17(13,16(22)23)14-9-21(10-20-14)15-5-3-4-6-19-15/h3-6,9-13H,7-8,18H2,1-2H3,(H,22,23)/t11-,12+,13-,17+/m1/s1. The molecule has 122 valence electrons. The number of hydrogen-bond acceptors (Lipinski definition) is 4. The third-order valence-electron chi connectivity index (χ3n) is 5.13. The Labute approximate surface area is 135 Å². The van der Waals surface area contributed by atoms with E-state index in [9.17, 15) is 9.90 Å². The van der Waals surface area contributed by atoms with Gasteiger partial charge in [-0.15, -0.1) is 0 Å². The van der Waals surface area contributed by atoms with E-state index in [1.807, 2.05) is 25.1 Å². The van der Waals surface area contributed by atoms with Crippen LogP contribution in [0, 0.1) is 17.8 Å². The van der Waals surface area contributed by atoms with E-state index in [-0.39, 0.29) is 11.8 Å². The van der Waals surface area contributed by atoms with Crippen LogP contribution in [0.25, 0.3) is 5.82 Å². The number of nitrogens with zero attached hydrogens (tertiary/aromatic N) is 3. The predicted octanol–water partition coefficient (Wildman–Crippen LogP) is 1.84. The lowest BCUT2D eigenvalue weighted by Crippen LogP contribution is -2.25. The van der Waals surface area contributed by atoms with E-state index in [4.69, 9.17) is 5.73 Å². The van der Waals surface area contributed by atoms with Gasteiger partial charge >= 0.3 is 5.97 Å². The van der Waals surface area contributed by atoms with Crippen LogP contribution in [0.1, 0.15) is 26.0 Å². The van der Waals surface area contributed by atoms with Crippen LogP contribution in [0.15, 0.2) is 36.9 Å². The van der Waals surface area contributed by atoms with Gasteiger partial charge in [-0.1, -0.05) is 19.9 Å². The summed E-state index contributed by atoms with van der Waals surface area (Å²) in [7, 11) is 0. The molecule has 0 radical (unpaired) electrons. The summed E-state index contributed by atoms with van der Waals surface area (Å²) in [5.74, 6) is 0.366. The van der Waals surface area contributed by atoms with Gasteiger partial charge in [-0.05, 0) is 42.9 Å². The molecule has 0 amide bonds. The highest BCUT2D eigenvalue weighted by atomic mass is 16.4. The fourth-order valence-electron chi connectivity index (χ4n) is 3.62. The first-order valence-corrected chi connectivity index (χ1v) is 7.91. The van der Waals surface area contributed by atoms with Crippen molar-refractivity contribution in [1.29, 1.82) is 0 Å². The molecule has 2 aromatic heterocycles. The molecule has 4 atom stereocenters. The summed E-state index contributed by atoms with van der Waals surface area (Å²) in [6, 6.07) is 5.59. The van der Waals surface area contributed by atoms with Crippen molar-refractivity contribution in [3.63, 3.8) is 0 Å². The summed E-state index contributed by atoms with van der Waals surface area (Å²) >= 11 is 0. The number of hydrogen-bond donors (Lipinski definition) is 2. The number of pyridine rings is 1. The maximum Gasteiger partial charge on any atom is 0.316 e. The second kappa shape index (κ2) is 5.77. The van der Waals surface area contributed by atoms with Crippen LogP contribution in [-0.4, -0.2) is 32.2 Å². The molecule has 0 saturated heterocycles. The van der Waals surface area contributed by atoms with E-state index in [0.29, 0.717) is 18.2 Å². The van der Waals surface area contributed by atoms with Crippen LogP contribution in [0.5, 0.6) is 0 Å². The molecule has 0 spiro atoms. The minimum Gasteiger partial charge on any atom is -0.481 e. The van der Waals surface area contributed by atoms with Gasteiger partial charge in [-0.3, -0.25) is 9.36 Å². The summed E-state index contributed by atoms with van der Waals surface area (Å²) in [5, 5.41) is 9.87. The van der Waals surface area contributed by atoms with Crippen LogP contribution < -0.4 is 5.73 Å². The van der Waals surface area contributed by atoms with Gasteiger partial charge in [-0.25, -0.2) is 9.97 Å². The maximum atomic E-state index is 12.0. The zero-order valence-corrected chi connectivity index (χ0v) is 13.4. The van der Waals surface area contributed by atoms with Gasteiger partial charge < -0.3 is 10.8 Å². The molecule has 1 fully saturated rings. The van der Waals surface area contributed by atoms with Crippen molar-refractivity contribution in [2.75, 3.05) is 6.54 Å². The average molecular weight is 314 g/mol. The van der Waals surface area contributed by atoms with Crippen LogP contribution in [0.3, 0.4) is 0 Å². The van der Waals surface area contributed by atoms with Crippen molar-refractivity contribution in [2.45, 2.75) is 25.7 Å². The predicted molar refractivity (Wildman–Crippen MR) is 86.2 cm³/mol. The Morgan fingerprint density at radius 2 is 2.26 bits per heavy atom. The summed E-state index contributed by atoms with van der Waals surface area (Å²) in [6.07, 6.45) is 5.94. The smallest absolute Gasteiger partial charge is 0.316 e. The van der Waals surface area contributed by atoms with Gasteiger partial charge in [0, 0.05) is 12.4 Å². The zero-order chi connectivity index (χ0) is 16.6. The molecular weight excluding hydrogens is 292 g/mol. The lowest BCUT2D eigenvalue weighted by Gasteiger charge is -2.12. The molecule has 23 heavy (non-hydrogen) atoms. The molecule has 3 rings (SSSR count). The molecule has 2 aromatic rings. The molecule has 0 unspecified atom stereocenters. The minimum atomic E-state index is -0.899. The van der Waals surface area contributed by atoms with Crippen molar-refractivity contribution < 1.29 is 9.90 Å². The molecule has 1 saturated carbocycles. The van der Waals surface area contributed by atoms with Crippen molar-refractivity contribution >= 4 is 5.97 Å². The lowest BCUT2D eigenvalue weighted by molar-refractivity contribution is -0.141. The summed E-state index contributed by atoms with van der Waals surface area (Å²) in [6.45, 7) is 4.62. The Morgan fingerprint density at radius 3 is 2.87 bits per heavy atom. The summed E-state index contributed by atoms with van der Waals surface area (Å²) in [4.78, 5) is 20.7. The summed E-state index contributed by atoms with van der Waals surface area (Å²) < 4.78 is 1.77. The van der Waals surface area contributed by atoms with E-state index in [2.05, 4.69) is 16.9 Å². The monoisotopic (exact) mass is 314 g/mol. The van der Waals surface area contributed by atoms with Crippen molar-refractivity contribution in [3.8, 4) is 5.82 Å². The highest BCUT2D eigenvalue weighted by Crippen LogP contribution is 2.62. The number of aromatic nitrogens is 3. The Hall–Kier alpha value is -2.21. The molecule has 6 heteroatoms. The van der Waals surface area contributed by atoms with Gasteiger partial charge in [0.2, 0.25) is 0 Å². The first-order chi connectivity index (χ1) is 11.0. The fourth-order valence-corrected chi connectivity index (χ4v) is 3.62. The van der Waals surface area contributed by atoms with Gasteiger partial charge in [-0.2, -0.15) is 0 Å². The number of rotatable bonds is 6. The van der Waals surface area contributed by atoms with Gasteiger partial charge in [0.25, 0.3) is 0 Å². The Kier molecular flexibility index (Phi) is 3.93. The van der Waals surface area contributed by atoms with E-state index in [1.165, 1.54) is 0 Å². The maximum absolute atomic E-state index is 12.0. The van der Waals surface area contributed by atoms with Crippen molar-refractivity contribution in [3.05, 3.63) is 42.6 Å². The Balaban J connectivity index is 1.92.